The van der Waals surface area contributed by atoms with Gasteiger partial charge in [-0.3, -0.25) is 0 Å². The van der Waals surface area contributed by atoms with E-state index in [9.17, 15) is 0 Å². The highest BCUT2D eigenvalue weighted by atomic mass is 32.2. The molecule has 0 spiro atoms. The smallest absolute Gasteiger partial charge is 0.00672 e. The largest absolute Gasteiger partial charge is 0.197 e. The van der Waals surface area contributed by atoms with Crippen LogP contribution >= 0.6 is 37.9 Å². The van der Waals surface area contributed by atoms with Crippen LogP contribution in [0.4, 0.5) is 0 Å². The van der Waals surface area contributed by atoms with Crippen LogP contribution in [-0.2, 0) is 0 Å². The Balaban J connectivity index is 0. The van der Waals surface area contributed by atoms with Crippen LogP contribution in [0.1, 0.15) is 32.6 Å². The predicted octanol–water partition coefficient (Wildman–Crippen LogP) is 3.34. The molecule has 70 valence electrons. The summed E-state index contributed by atoms with van der Waals surface area (Å²) in [7, 11) is 0. The topological polar surface area (TPSA) is 0 Å². The number of thiol groups is 1. The standard InChI is InChI=1S/C4H8S.C4H10S.H2S/c1-2-4-5-3-1;1-2-3-4-5;/h1-4H2;5H,2-4H2,1H3;1H2. The van der Waals surface area contributed by atoms with Crippen molar-refractivity contribution in [2.75, 3.05) is 17.3 Å². The Labute approximate surface area is 87.8 Å². The van der Waals surface area contributed by atoms with Crippen LogP contribution < -0.4 is 0 Å². The van der Waals surface area contributed by atoms with Gasteiger partial charge in [-0.25, -0.2) is 0 Å². The molecule has 1 fully saturated rings. The quantitative estimate of drug-likeness (QED) is 0.685. The molecule has 0 aromatic rings. The molecule has 1 heterocycles. The lowest BCUT2D eigenvalue weighted by molar-refractivity contribution is 0.899. The summed E-state index contributed by atoms with van der Waals surface area (Å²) in [6, 6.07) is 0. The van der Waals surface area contributed by atoms with Crippen LogP contribution in [-0.4, -0.2) is 17.3 Å². The Hall–Kier alpha value is 1.05. The predicted molar refractivity (Wildman–Crippen MR) is 65.7 cm³/mol. The number of hydrogen-bond donors (Lipinski definition) is 1. The number of thioether (sulfide) groups is 1. The molecular weight excluding hydrogens is 192 g/mol. The van der Waals surface area contributed by atoms with Gasteiger partial charge >= 0.3 is 0 Å². The van der Waals surface area contributed by atoms with Gasteiger partial charge in [0.1, 0.15) is 0 Å². The van der Waals surface area contributed by atoms with Crippen molar-refractivity contribution < 1.29 is 0 Å². The summed E-state index contributed by atoms with van der Waals surface area (Å²) in [4.78, 5) is 0. The summed E-state index contributed by atoms with van der Waals surface area (Å²) >= 11 is 6.07. The van der Waals surface area contributed by atoms with Crippen molar-refractivity contribution >= 4 is 37.9 Å². The Bertz CT molecular complexity index is 43.7. The molecule has 0 radical (unpaired) electrons. The van der Waals surface area contributed by atoms with Gasteiger partial charge in [-0.1, -0.05) is 13.3 Å². The van der Waals surface area contributed by atoms with E-state index in [4.69, 9.17) is 0 Å². The van der Waals surface area contributed by atoms with Gasteiger partial charge in [0.2, 0.25) is 0 Å². The van der Waals surface area contributed by atoms with Crippen LogP contribution in [0.5, 0.6) is 0 Å². The van der Waals surface area contributed by atoms with E-state index in [0.29, 0.717) is 0 Å². The lowest BCUT2D eigenvalue weighted by Crippen LogP contribution is -1.65. The van der Waals surface area contributed by atoms with Crippen molar-refractivity contribution in [2.24, 2.45) is 0 Å². The van der Waals surface area contributed by atoms with Gasteiger partial charge in [0, 0.05) is 0 Å². The molecular formula is C8H20S3. The number of rotatable bonds is 2. The first-order valence-electron chi connectivity index (χ1n) is 4.10. The van der Waals surface area contributed by atoms with Gasteiger partial charge in [-0.15, -0.1) is 0 Å². The molecule has 0 aromatic heterocycles. The van der Waals surface area contributed by atoms with Gasteiger partial charge in [0.15, 0.2) is 0 Å². The molecule has 1 saturated heterocycles. The first kappa shape index (κ1) is 14.6. The molecule has 0 N–H and O–H groups in total. The van der Waals surface area contributed by atoms with E-state index in [1.54, 1.807) is 0 Å². The third-order valence-corrected chi connectivity index (χ3v) is 2.81. The Kier molecular flexibility index (Phi) is 18.0. The molecule has 0 bridgehead atoms. The fourth-order valence-electron chi connectivity index (χ4n) is 0.668. The van der Waals surface area contributed by atoms with Gasteiger partial charge in [0.25, 0.3) is 0 Å². The molecule has 1 aliphatic rings. The Morgan fingerprint density at radius 1 is 1.27 bits per heavy atom. The first-order chi connectivity index (χ1) is 4.91. The van der Waals surface area contributed by atoms with E-state index < -0.39 is 0 Å². The summed E-state index contributed by atoms with van der Waals surface area (Å²) in [5.41, 5.74) is 0. The minimum absolute atomic E-state index is 0. The molecule has 1 rings (SSSR count). The zero-order chi connectivity index (χ0) is 7.66. The van der Waals surface area contributed by atoms with Gasteiger partial charge in [0.05, 0.1) is 0 Å². The average molecular weight is 212 g/mol. The van der Waals surface area contributed by atoms with Crippen molar-refractivity contribution in [3.8, 4) is 0 Å². The molecule has 11 heavy (non-hydrogen) atoms. The summed E-state index contributed by atoms with van der Waals surface area (Å²) < 4.78 is 0. The second kappa shape index (κ2) is 13.6. The lowest BCUT2D eigenvalue weighted by atomic mass is 10.4. The van der Waals surface area contributed by atoms with Crippen molar-refractivity contribution in [1.29, 1.82) is 0 Å². The minimum atomic E-state index is 0. The highest BCUT2D eigenvalue weighted by Gasteiger charge is 1.95. The fourth-order valence-corrected chi connectivity index (χ4v) is 2.01. The number of hydrogen-bond acceptors (Lipinski definition) is 2. The van der Waals surface area contributed by atoms with Gasteiger partial charge in [-0.05, 0) is 36.5 Å². The van der Waals surface area contributed by atoms with E-state index in [0.717, 1.165) is 5.75 Å². The van der Waals surface area contributed by atoms with Crippen LogP contribution in [0.25, 0.3) is 0 Å². The summed E-state index contributed by atoms with van der Waals surface area (Å²) in [5.74, 6) is 3.87. The molecule has 3 heteroatoms. The normalized spacial score (nSPS) is 14.7. The average Bonchev–Trinajstić information content (AvgIpc) is 2.44. The van der Waals surface area contributed by atoms with Crippen LogP contribution in [0.15, 0.2) is 0 Å². The molecule has 0 saturated carbocycles. The molecule has 0 aromatic carbocycles. The molecule has 0 atom stereocenters. The highest BCUT2D eigenvalue weighted by Crippen LogP contribution is 2.14. The molecule has 0 unspecified atom stereocenters. The minimum Gasteiger partial charge on any atom is -0.197 e. The molecule has 0 amide bonds. The van der Waals surface area contributed by atoms with Gasteiger partial charge < -0.3 is 0 Å². The molecule has 0 nitrogen and oxygen atoms in total. The van der Waals surface area contributed by atoms with Crippen molar-refractivity contribution in [1.82, 2.24) is 0 Å². The second-order valence-electron chi connectivity index (χ2n) is 2.40. The first-order valence-corrected chi connectivity index (χ1v) is 5.89. The highest BCUT2D eigenvalue weighted by molar-refractivity contribution is 7.99. The van der Waals surface area contributed by atoms with E-state index in [-0.39, 0.29) is 13.5 Å². The summed E-state index contributed by atoms with van der Waals surface area (Å²) in [5, 5.41) is 0. The summed E-state index contributed by atoms with van der Waals surface area (Å²) in [6.45, 7) is 2.16. The number of unbranched alkanes of at least 4 members (excludes halogenated alkanes) is 1. The maximum absolute atomic E-state index is 4.00. The zero-order valence-electron chi connectivity index (χ0n) is 7.31. The van der Waals surface area contributed by atoms with Crippen LogP contribution in [0, 0.1) is 0 Å². The molecule has 0 aliphatic carbocycles. The molecule has 1 aliphatic heterocycles. The van der Waals surface area contributed by atoms with Crippen molar-refractivity contribution in [2.45, 2.75) is 32.6 Å². The summed E-state index contributed by atoms with van der Waals surface area (Å²) in [6.07, 6.45) is 5.45. The third-order valence-electron chi connectivity index (χ3n) is 1.34. The lowest BCUT2D eigenvalue weighted by Gasteiger charge is -1.78. The Morgan fingerprint density at radius 3 is 1.91 bits per heavy atom. The van der Waals surface area contributed by atoms with E-state index in [1.165, 1.54) is 37.2 Å². The van der Waals surface area contributed by atoms with Crippen LogP contribution in [0.2, 0.25) is 0 Å². The SMILES string of the molecule is C1CCSC1.CCCCS.S. The zero-order valence-corrected chi connectivity index (χ0v) is 10.0. The maximum Gasteiger partial charge on any atom is -0.00672 e. The third kappa shape index (κ3) is 14.0. The van der Waals surface area contributed by atoms with E-state index in [2.05, 4.69) is 31.3 Å². The Morgan fingerprint density at radius 2 is 1.82 bits per heavy atom. The van der Waals surface area contributed by atoms with Crippen LogP contribution in [0.3, 0.4) is 0 Å². The fraction of sp³-hybridized carbons (Fsp3) is 1.00. The maximum atomic E-state index is 4.00. The van der Waals surface area contributed by atoms with Crippen molar-refractivity contribution in [3.63, 3.8) is 0 Å². The van der Waals surface area contributed by atoms with Gasteiger partial charge in [-0.2, -0.15) is 37.9 Å². The monoisotopic (exact) mass is 212 g/mol. The van der Waals surface area contributed by atoms with Crippen molar-refractivity contribution in [3.05, 3.63) is 0 Å². The van der Waals surface area contributed by atoms with E-state index in [1.807, 2.05) is 0 Å². The van der Waals surface area contributed by atoms with E-state index >= 15 is 0 Å². The second-order valence-corrected chi connectivity index (χ2v) is 4.07.